The number of rotatable bonds is 4. The molecule has 1 fully saturated rings. The number of benzene rings is 1. The highest BCUT2D eigenvalue weighted by Crippen LogP contribution is 2.20. The molecule has 0 radical (unpaired) electrons. The van der Waals surface area contributed by atoms with Crippen LogP contribution < -0.4 is 10.0 Å². The van der Waals surface area contributed by atoms with E-state index in [1.165, 1.54) is 0 Å². The molecular weight excluding hydrogens is 308 g/mol. The Labute approximate surface area is 134 Å². The van der Waals surface area contributed by atoms with E-state index in [2.05, 4.69) is 30.8 Å². The zero-order valence-corrected chi connectivity index (χ0v) is 14.4. The summed E-state index contributed by atoms with van der Waals surface area (Å²) in [6.45, 7) is 7.93. The van der Waals surface area contributed by atoms with Gasteiger partial charge in [-0.2, -0.15) is 0 Å². The number of piperidine rings is 1. The summed E-state index contributed by atoms with van der Waals surface area (Å²) in [6, 6.07) is 7.25. The van der Waals surface area contributed by atoms with E-state index < -0.39 is 10.0 Å². The van der Waals surface area contributed by atoms with Crippen LogP contribution >= 0.6 is 12.4 Å². The average molecular weight is 333 g/mol. The van der Waals surface area contributed by atoms with Crippen LogP contribution in [-0.4, -0.2) is 27.5 Å². The van der Waals surface area contributed by atoms with Crippen molar-refractivity contribution in [3.05, 3.63) is 29.8 Å². The second kappa shape index (κ2) is 7.58. The summed E-state index contributed by atoms with van der Waals surface area (Å²) < 4.78 is 27.8. The van der Waals surface area contributed by atoms with E-state index in [0.717, 1.165) is 25.1 Å². The molecule has 0 bridgehead atoms. The molecule has 0 aromatic heterocycles. The molecular formula is C15H25ClN2O2S. The van der Waals surface area contributed by atoms with E-state index in [0.29, 0.717) is 16.7 Å². The molecule has 1 saturated heterocycles. The Hall–Kier alpha value is -0.620. The van der Waals surface area contributed by atoms with Crippen molar-refractivity contribution in [2.24, 2.45) is 5.92 Å². The van der Waals surface area contributed by atoms with Crippen molar-refractivity contribution < 1.29 is 8.42 Å². The van der Waals surface area contributed by atoms with Crippen LogP contribution in [0.2, 0.25) is 0 Å². The highest BCUT2D eigenvalue weighted by atomic mass is 35.5. The monoisotopic (exact) mass is 332 g/mol. The van der Waals surface area contributed by atoms with Crippen LogP contribution in [0.5, 0.6) is 0 Å². The smallest absolute Gasteiger partial charge is 0.240 e. The molecule has 21 heavy (non-hydrogen) atoms. The predicted octanol–water partition coefficient (Wildman–Crippen LogP) is 2.51. The fraction of sp³-hybridized carbons (Fsp3) is 0.600. The van der Waals surface area contributed by atoms with Gasteiger partial charge in [-0.05, 0) is 49.0 Å². The highest BCUT2D eigenvalue weighted by Gasteiger charge is 2.26. The molecule has 1 heterocycles. The standard InChI is InChI=1S/C15H24N2O2S.ClH/c1-11(2)13-5-4-6-14(9-13)20(18,19)17-15-7-8-16-10-12(15)3;/h4-6,9,11-12,15-17H,7-8,10H2,1-3H3;1H. The summed E-state index contributed by atoms with van der Waals surface area (Å²) in [6.07, 6.45) is 0.838. The first kappa shape index (κ1) is 18.4. The molecule has 2 unspecified atom stereocenters. The van der Waals surface area contributed by atoms with E-state index in [1.807, 2.05) is 12.1 Å². The molecule has 120 valence electrons. The molecule has 6 heteroatoms. The Bertz CT molecular complexity index is 561. The van der Waals surface area contributed by atoms with E-state index in [9.17, 15) is 8.42 Å². The normalized spacial score (nSPS) is 22.9. The van der Waals surface area contributed by atoms with Crippen molar-refractivity contribution in [1.29, 1.82) is 0 Å². The summed E-state index contributed by atoms with van der Waals surface area (Å²) >= 11 is 0. The summed E-state index contributed by atoms with van der Waals surface area (Å²) in [5.74, 6) is 0.634. The third-order valence-electron chi connectivity index (χ3n) is 3.93. The molecule has 1 aliphatic heterocycles. The maximum atomic E-state index is 12.5. The number of hydrogen-bond acceptors (Lipinski definition) is 3. The highest BCUT2D eigenvalue weighted by molar-refractivity contribution is 7.89. The van der Waals surface area contributed by atoms with Crippen molar-refractivity contribution in [3.63, 3.8) is 0 Å². The third-order valence-corrected chi connectivity index (χ3v) is 5.41. The fourth-order valence-corrected chi connectivity index (χ4v) is 3.93. The Balaban J connectivity index is 0.00000220. The number of halogens is 1. The van der Waals surface area contributed by atoms with Crippen molar-refractivity contribution in [3.8, 4) is 0 Å². The molecule has 1 aromatic rings. The molecule has 1 aliphatic rings. The first-order chi connectivity index (χ1) is 9.40. The van der Waals surface area contributed by atoms with Gasteiger partial charge in [0.05, 0.1) is 4.90 Å². The lowest BCUT2D eigenvalue weighted by Gasteiger charge is -2.30. The Morgan fingerprint density at radius 2 is 2.05 bits per heavy atom. The van der Waals surface area contributed by atoms with Gasteiger partial charge < -0.3 is 5.32 Å². The van der Waals surface area contributed by atoms with E-state index in [-0.39, 0.29) is 18.4 Å². The third kappa shape index (κ3) is 4.68. The lowest BCUT2D eigenvalue weighted by molar-refractivity contribution is 0.328. The summed E-state index contributed by atoms with van der Waals surface area (Å²) in [4.78, 5) is 0.370. The lowest BCUT2D eigenvalue weighted by Crippen LogP contribution is -2.48. The van der Waals surface area contributed by atoms with Crippen molar-refractivity contribution in [2.75, 3.05) is 13.1 Å². The van der Waals surface area contributed by atoms with Gasteiger partial charge in [0.15, 0.2) is 0 Å². The average Bonchev–Trinajstić information content (AvgIpc) is 2.41. The quantitative estimate of drug-likeness (QED) is 0.890. The minimum absolute atomic E-state index is 0. The van der Waals surface area contributed by atoms with Gasteiger partial charge in [0.1, 0.15) is 0 Å². The number of sulfonamides is 1. The van der Waals surface area contributed by atoms with Gasteiger partial charge >= 0.3 is 0 Å². The van der Waals surface area contributed by atoms with E-state index >= 15 is 0 Å². The molecule has 2 atom stereocenters. The van der Waals surface area contributed by atoms with Gasteiger partial charge in [0.25, 0.3) is 0 Å². The molecule has 0 saturated carbocycles. The fourth-order valence-electron chi connectivity index (χ4n) is 2.50. The molecule has 2 rings (SSSR count). The van der Waals surface area contributed by atoms with Crippen LogP contribution in [0.15, 0.2) is 29.2 Å². The maximum absolute atomic E-state index is 12.5. The van der Waals surface area contributed by atoms with Crippen LogP contribution in [0.3, 0.4) is 0 Å². The van der Waals surface area contributed by atoms with E-state index in [4.69, 9.17) is 0 Å². The van der Waals surface area contributed by atoms with Gasteiger partial charge in [-0.3, -0.25) is 0 Å². The zero-order chi connectivity index (χ0) is 14.8. The molecule has 0 spiro atoms. The van der Waals surface area contributed by atoms with Crippen LogP contribution in [0, 0.1) is 5.92 Å². The SMILES string of the molecule is CC(C)c1cccc(S(=O)(=O)NC2CCNCC2C)c1.Cl. The summed E-state index contributed by atoms with van der Waals surface area (Å²) in [7, 11) is -3.43. The van der Waals surface area contributed by atoms with Crippen molar-refractivity contribution in [2.45, 2.75) is 44.0 Å². The molecule has 2 N–H and O–H groups in total. The summed E-state index contributed by atoms with van der Waals surface area (Å²) in [5.41, 5.74) is 1.05. The number of hydrogen-bond donors (Lipinski definition) is 2. The van der Waals surface area contributed by atoms with Crippen LogP contribution in [0.1, 0.15) is 38.7 Å². The maximum Gasteiger partial charge on any atom is 0.240 e. The Morgan fingerprint density at radius 1 is 1.33 bits per heavy atom. The van der Waals surface area contributed by atoms with Gasteiger partial charge in [0.2, 0.25) is 10.0 Å². The largest absolute Gasteiger partial charge is 0.316 e. The zero-order valence-electron chi connectivity index (χ0n) is 12.8. The minimum Gasteiger partial charge on any atom is -0.316 e. The molecule has 1 aromatic carbocycles. The number of nitrogens with one attached hydrogen (secondary N) is 2. The van der Waals surface area contributed by atoms with Crippen LogP contribution in [0.4, 0.5) is 0 Å². The van der Waals surface area contributed by atoms with Crippen molar-refractivity contribution >= 4 is 22.4 Å². The predicted molar refractivity (Wildman–Crippen MR) is 88.5 cm³/mol. The van der Waals surface area contributed by atoms with Crippen molar-refractivity contribution in [1.82, 2.24) is 10.0 Å². The second-order valence-electron chi connectivity index (χ2n) is 5.93. The second-order valence-corrected chi connectivity index (χ2v) is 7.64. The Morgan fingerprint density at radius 3 is 2.67 bits per heavy atom. The Kier molecular flexibility index (Phi) is 6.66. The molecule has 4 nitrogen and oxygen atoms in total. The molecule has 0 aliphatic carbocycles. The minimum atomic E-state index is -3.43. The van der Waals surface area contributed by atoms with Crippen LogP contribution in [-0.2, 0) is 10.0 Å². The van der Waals surface area contributed by atoms with Gasteiger partial charge in [0, 0.05) is 6.04 Å². The van der Waals surface area contributed by atoms with E-state index in [1.54, 1.807) is 12.1 Å². The van der Waals surface area contributed by atoms with Gasteiger partial charge in [-0.1, -0.05) is 32.9 Å². The topological polar surface area (TPSA) is 58.2 Å². The first-order valence-corrected chi connectivity index (χ1v) is 8.71. The molecule has 0 amide bonds. The van der Waals surface area contributed by atoms with Gasteiger partial charge in [-0.15, -0.1) is 12.4 Å². The van der Waals surface area contributed by atoms with Crippen LogP contribution in [0.25, 0.3) is 0 Å². The first-order valence-electron chi connectivity index (χ1n) is 7.23. The lowest BCUT2D eigenvalue weighted by atomic mass is 9.97. The summed E-state index contributed by atoms with van der Waals surface area (Å²) in [5, 5.41) is 3.28. The van der Waals surface area contributed by atoms with Gasteiger partial charge in [-0.25, -0.2) is 13.1 Å².